The van der Waals surface area contributed by atoms with Crippen molar-refractivity contribution in [2.75, 3.05) is 0 Å². The van der Waals surface area contributed by atoms with Gasteiger partial charge in [0.15, 0.2) is 0 Å². The molecule has 5 heteroatoms. The normalized spacial score (nSPS) is 10.6. The van der Waals surface area contributed by atoms with E-state index in [1.54, 1.807) is 12.1 Å². The number of rotatable bonds is 2. The fourth-order valence-corrected chi connectivity index (χ4v) is 1.65. The molecule has 2 rings (SSSR count). The lowest BCUT2D eigenvalue weighted by Crippen LogP contribution is -1.95. The van der Waals surface area contributed by atoms with E-state index in [0.29, 0.717) is 11.0 Å². The van der Waals surface area contributed by atoms with Crippen molar-refractivity contribution >= 4 is 15.9 Å². The Bertz CT molecular complexity index is 481. The molecule has 1 heterocycles. The third-order valence-corrected chi connectivity index (χ3v) is 2.67. The highest BCUT2D eigenvalue weighted by Crippen LogP contribution is 2.24. The topological polar surface area (TPSA) is 54.7 Å². The van der Waals surface area contributed by atoms with Crippen molar-refractivity contribution in [2.24, 2.45) is 5.73 Å². The van der Waals surface area contributed by atoms with Crippen molar-refractivity contribution in [1.29, 1.82) is 0 Å². The summed E-state index contributed by atoms with van der Waals surface area (Å²) in [6.45, 7) is 0.412. The number of nitrogens with zero attached hydrogens (tertiary/aromatic N) is 1. The molecule has 78 valence electrons. The molecule has 15 heavy (non-hydrogen) atoms. The van der Waals surface area contributed by atoms with Gasteiger partial charge in [0, 0.05) is 17.8 Å². The molecule has 3 nitrogen and oxygen atoms in total. The fourth-order valence-electron chi connectivity index (χ4n) is 1.27. The van der Waals surface area contributed by atoms with E-state index in [1.807, 2.05) is 6.07 Å². The van der Waals surface area contributed by atoms with Crippen LogP contribution >= 0.6 is 15.9 Å². The van der Waals surface area contributed by atoms with Crippen LogP contribution in [-0.2, 0) is 6.54 Å². The smallest absolute Gasteiger partial charge is 0.137 e. The monoisotopic (exact) mass is 269 g/mol. The Kier molecular flexibility index (Phi) is 2.83. The highest BCUT2D eigenvalue weighted by atomic mass is 79.9. The summed E-state index contributed by atoms with van der Waals surface area (Å²) in [6, 6.07) is 6.61. The van der Waals surface area contributed by atoms with Crippen molar-refractivity contribution in [3.63, 3.8) is 0 Å². The quantitative estimate of drug-likeness (QED) is 0.880. The summed E-state index contributed by atoms with van der Waals surface area (Å²) in [5.41, 5.74) is 7.91. The third kappa shape index (κ3) is 2.08. The largest absolute Gasteiger partial charge is 0.325 e. The van der Waals surface area contributed by atoms with Crippen LogP contribution < -0.4 is 5.73 Å². The van der Waals surface area contributed by atoms with Gasteiger partial charge in [-0.05, 0) is 40.2 Å². The van der Waals surface area contributed by atoms with E-state index in [9.17, 15) is 4.39 Å². The van der Waals surface area contributed by atoms with Crippen LogP contribution in [0.5, 0.6) is 0 Å². The molecule has 0 aliphatic carbocycles. The molecule has 0 spiro atoms. The van der Waals surface area contributed by atoms with Crippen LogP contribution in [0.15, 0.2) is 28.7 Å². The zero-order chi connectivity index (χ0) is 10.8. The van der Waals surface area contributed by atoms with Gasteiger partial charge in [-0.25, -0.2) is 4.39 Å². The second-order valence-corrected chi connectivity index (χ2v) is 3.97. The van der Waals surface area contributed by atoms with Gasteiger partial charge < -0.3 is 5.73 Å². The summed E-state index contributed by atoms with van der Waals surface area (Å²) in [5.74, 6) is -0.284. The highest BCUT2D eigenvalue weighted by molar-refractivity contribution is 9.10. The number of aromatic amines is 1. The molecule has 0 amide bonds. The lowest BCUT2D eigenvalue weighted by atomic mass is 10.1. The van der Waals surface area contributed by atoms with Crippen LogP contribution in [-0.4, -0.2) is 10.2 Å². The Balaban J connectivity index is 2.40. The summed E-state index contributed by atoms with van der Waals surface area (Å²) < 4.78 is 13.4. The number of halogens is 2. The van der Waals surface area contributed by atoms with Crippen molar-refractivity contribution < 1.29 is 4.39 Å². The summed E-state index contributed by atoms with van der Waals surface area (Å²) in [5, 5.41) is 6.88. The van der Waals surface area contributed by atoms with Crippen LogP contribution in [0.3, 0.4) is 0 Å². The fraction of sp³-hybridized carbons (Fsp3) is 0.100. The van der Waals surface area contributed by atoms with Gasteiger partial charge >= 0.3 is 0 Å². The van der Waals surface area contributed by atoms with Crippen LogP contribution in [0, 0.1) is 5.82 Å². The van der Waals surface area contributed by atoms with Gasteiger partial charge in [-0.3, -0.25) is 5.10 Å². The van der Waals surface area contributed by atoms with E-state index < -0.39 is 0 Å². The minimum Gasteiger partial charge on any atom is -0.325 e. The number of H-pyrrole nitrogens is 1. The van der Waals surface area contributed by atoms with Gasteiger partial charge in [-0.2, -0.15) is 5.10 Å². The molecule has 0 saturated carbocycles. The molecule has 0 aliphatic rings. The highest BCUT2D eigenvalue weighted by Gasteiger charge is 2.05. The summed E-state index contributed by atoms with van der Waals surface area (Å²) in [7, 11) is 0. The Hall–Kier alpha value is -1.20. The molecule has 0 bridgehead atoms. The molecule has 0 fully saturated rings. The van der Waals surface area contributed by atoms with Gasteiger partial charge in [0.2, 0.25) is 0 Å². The van der Waals surface area contributed by atoms with E-state index in [2.05, 4.69) is 26.1 Å². The average Bonchev–Trinajstić information content (AvgIpc) is 2.70. The molecule has 0 saturated heterocycles. The predicted octanol–water partition coefficient (Wildman–Crippen LogP) is 2.44. The van der Waals surface area contributed by atoms with Crippen molar-refractivity contribution in [2.45, 2.75) is 6.54 Å². The van der Waals surface area contributed by atoms with Crippen molar-refractivity contribution in [3.05, 3.63) is 40.2 Å². The Morgan fingerprint density at radius 3 is 2.80 bits per heavy atom. The second kappa shape index (κ2) is 4.12. The van der Waals surface area contributed by atoms with Gasteiger partial charge in [0.05, 0.1) is 10.2 Å². The van der Waals surface area contributed by atoms with Gasteiger partial charge in [-0.15, -0.1) is 0 Å². The lowest BCUT2D eigenvalue weighted by molar-refractivity contribution is 0.621. The van der Waals surface area contributed by atoms with Crippen LogP contribution in [0.4, 0.5) is 4.39 Å². The third-order valence-electron chi connectivity index (χ3n) is 2.07. The average molecular weight is 270 g/mol. The Morgan fingerprint density at radius 2 is 2.20 bits per heavy atom. The molecule has 0 aliphatic heterocycles. The Morgan fingerprint density at radius 1 is 1.40 bits per heavy atom. The first kappa shape index (κ1) is 10.3. The number of hydrogen-bond acceptors (Lipinski definition) is 2. The maximum atomic E-state index is 13.0. The standard InChI is InChI=1S/C10H9BrFN3/c11-8-3-6(1-2-9(8)12)10-4-7(5-13)14-15-10/h1-4H,5,13H2,(H,14,15). The molecule has 0 radical (unpaired) electrons. The predicted molar refractivity (Wildman–Crippen MR) is 59.6 cm³/mol. The molecule has 1 aromatic heterocycles. The lowest BCUT2D eigenvalue weighted by Gasteiger charge is -1.98. The van der Waals surface area contributed by atoms with E-state index in [0.717, 1.165) is 17.0 Å². The molecule has 0 atom stereocenters. The first-order valence-electron chi connectivity index (χ1n) is 4.40. The first-order valence-corrected chi connectivity index (χ1v) is 5.20. The SMILES string of the molecule is NCc1cc(-c2ccc(F)c(Br)c2)n[nH]1. The Labute approximate surface area is 94.6 Å². The van der Waals surface area contributed by atoms with Gasteiger partial charge in [-0.1, -0.05) is 0 Å². The molecule has 3 N–H and O–H groups in total. The minimum atomic E-state index is -0.284. The zero-order valence-corrected chi connectivity index (χ0v) is 9.38. The summed E-state index contributed by atoms with van der Waals surface area (Å²) in [6.07, 6.45) is 0. The molecular formula is C10H9BrFN3. The number of aromatic nitrogens is 2. The van der Waals surface area contributed by atoms with E-state index >= 15 is 0 Å². The first-order chi connectivity index (χ1) is 7.20. The molecule has 0 unspecified atom stereocenters. The number of nitrogens with one attached hydrogen (secondary N) is 1. The number of benzene rings is 1. The number of hydrogen-bond donors (Lipinski definition) is 2. The zero-order valence-electron chi connectivity index (χ0n) is 7.80. The second-order valence-electron chi connectivity index (χ2n) is 3.11. The summed E-state index contributed by atoms with van der Waals surface area (Å²) in [4.78, 5) is 0. The van der Waals surface area contributed by atoms with Gasteiger partial charge in [0.25, 0.3) is 0 Å². The molecule has 1 aromatic carbocycles. The van der Waals surface area contributed by atoms with Crippen LogP contribution in [0.25, 0.3) is 11.3 Å². The van der Waals surface area contributed by atoms with Crippen LogP contribution in [0.1, 0.15) is 5.69 Å². The molecular weight excluding hydrogens is 261 g/mol. The number of nitrogens with two attached hydrogens (primary N) is 1. The van der Waals surface area contributed by atoms with E-state index in [4.69, 9.17) is 5.73 Å². The molecule has 2 aromatic rings. The van der Waals surface area contributed by atoms with Crippen molar-refractivity contribution in [1.82, 2.24) is 10.2 Å². The minimum absolute atomic E-state index is 0.284. The maximum absolute atomic E-state index is 13.0. The van der Waals surface area contributed by atoms with Gasteiger partial charge in [0.1, 0.15) is 5.82 Å². The maximum Gasteiger partial charge on any atom is 0.137 e. The van der Waals surface area contributed by atoms with E-state index in [-0.39, 0.29) is 5.82 Å². The summed E-state index contributed by atoms with van der Waals surface area (Å²) >= 11 is 3.13. The van der Waals surface area contributed by atoms with E-state index in [1.165, 1.54) is 6.07 Å². The van der Waals surface area contributed by atoms with Crippen LogP contribution in [0.2, 0.25) is 0 Å². The van der Waals surface area contributed by atoms with Crippen molar-refractivity contribution in [3.8, 4) is 11.3 Å².